The van der Waals surface area contributed by atoms with Crippen LogP contribution in [0.25, 0.3) is 5.69 Å². The minimum Gasteiger partial charge on any atom is -0.472 e. The number of aryl methyl sites for hydroxylation is 1. The van der Waals surface area contributed by atoms with E-state index in [1.807, 2.05) is 84.5 Å². The minimum absolute atomic E-state index is 0.309. The molecule has 3 aromatic rings. The lowest BCUT2D eigenvalue weighted by molar-refractivity contribution is -0.151. The fraction of sp³-hybridized carbons (Fsp3) is 0.190. The summed E-state index contributed by atoms with van der Waals surface area (Å²) in [5.74, 6) is 0.230. The number of ether oxygens (including phenoxy) is 2. The van der Waals surface area contributed by atoms with Gasteiger partial charge in [0.05, 0.1) is 12.3 Å². The average Bonchev–Trinajstić information content (AvgIpc) is 3.14. The van der Waals surface area contributed by atoms with Gasteiger partial charge in [-0.25, -0.2) is 4.79 Å². The number of rotatable bonds is 6. The Morgan fingerprint density at radius 2 is 1.80 bits per heavy atom. The molecular formula is C21H21NO3. The van der Waals surface area contributed by atoms with Crippen molar-refractivity contribution in [2.24, 2.45) is 0 Å². The summed E-state index contributed by atoms with van der Waals surface area (Å²) in [6.45, 7) is 4.09. The van der Waals surface area contributed by atoms with Crippen molar-refractivity contribution >= 4 is 5.97 Å². The molecule has 0 amide bonds. The molecule has 3 rings (SSSR count). The van der Waals surface area contributed by atoms with Crippen molar-refractivity contribution in [2.75, 3.05) is 6.61 Å². The molecule has 0 aliphatic heterocycles. The van der Waals surface area contributed by atoms with Crippen LogP contribution in [0.4, 0.5) is 0 Å². The predicted molar refractivity (Wildman–Crippen MR) is 97.0 cm³/mol. The fourth-order valence-electron chi connectivity index (χ4n) is 2.70. The molecule has 0 spiro atoms. The van der Waals surface area contributed by atoms with Gasteiger partial charge in [0.2, 0.25) is 6.10 Å². The van der Waals surface area contributed by atoms with E-state index in [1.54, 1.807) is 6.92 Å². The van der Waals surface area contributed by atoms with Gasteiger partial charge >= 0.3 is 5.97 Å². The van der Waals surface area contributed by atoms with Crippen LogP contribution in [0.1, 0.15) is 24.2 Å². The van der Waals surface area contributed by atoms with Crippen LogP contribution in [0.15, 0.2) is 73.1 Å². The van der Waals surface area contributed by atoms with Gasteiger partial charge in [-0.3, -0.25) is 0 Å². The van der Waals surface area contributed by atoms with Gasteiger partial charge in [0.1, 0.15) is 5.75 Å². The van der Waals surface area contributed by atoms with Crippen LogP contribution >= 0.6 is 0 Å². The third kappa shape index (κ3) is 3.91. The average molecular weight is 335 g/mol. The van der Waals surface area contributed by atoms with Crippen molar-refractivity contribution in [3.05, 3.63) is 84.2 Å². The Morgan fingerprint density at radius 3 is 2.52 bits per heavy atom. The SMILES string of the molecule is CCOC(=O)C(Oc1ccccc1-n1cccc1)c1cccc(C)c1. The molecule has 0 aliphatic carbocycles. The number of nitrogens with zero attached hydrogens (tertiary/aromatic N) is 1. The molecule has 1 heterocycles. The van der Waals surface area contributed by atoms with E-state index in [0.717, 1.165) is 16.8 Å². The molecule has 2 aromatic carbocycles. The first kappa shape index (κ1) is 16.8. The van der Waals surface area contributed by atoms with Gasteiger partial charge in [-0.15, -0.1) is 0 Å². The van der Waals surface area contributed by atoms with Gasteiger partial charge < -0.3 is 14.0 Å². The lowest BCUT2D eigenvalue weighted by Gasteiger charge is -2.20. The molecule has 0 bridgehead atoms. The maximum atomic E-state index is 12.5. The van der Waals surface area contributed by atoms with Gasteiger partial charge in [0, 0.05) is 18.0 Å². The Morgan fingerprint density at radius 1 is 1.04 bits per heavy atom. The molecule has 0 saturated carbocycles. The maximum absolute atomic E-state index is 12.5. The van der Waals surface area contributed by atoms with Crippen LogP contribution in [0.5, 0.6) is 5.75 Å². The molecule has 128 valence electrons. The zero-order valence-electron chi connectivity index (χ0n) is 14.4. The number of aromatic nitrogens is 1. The standard InChI is InChI=1S/C21H21NO3/c1-3-24-21(23)20(17-10-8-9-16(2)15-17)25-19-12-5-4-11-18(19)22-13-6-7-14-22/h4-15,20H,3H2,1-2H3. The molecule has 0 aliphatic rings. The highest BCUT2D eigenvalue weighted by molar-refractivity contribution is 5.77. The van der Waals surface area contributed by atoms with Crippen LogP contribution in [-0.2, 0) is 9.53 Å². The summed E-state index contributed by atoms with van der Waals surface area (Å²) in [7, 11) is 0. The van der Waals surface area contributed by atoms with E-state index in [2.05, 4.69) is 0 Å². The summed E-state index contributed by atoms with van der Waals surface area (Å²) in [5.41, 5.74) is 2.71. The molecule has 0 fully saturated rings. The highest BCUT2D eigenvalue weighted by atomic mass is 16.6. The predicted octanol–water partition coefficient (Wildman–Crippen LogP) is 4.47. The summed E-state index contributed by atoms with van der Waals surface area (Å²) in [6.07, 6.45) is 3.07. The van der Waals surface area contributed by atoms with Crippen molar-refractivity contribution in [3.63, 3.8) is 0 Å². The van der Waals surface area contributed by atoms with E-state index >= 15 is 0 Å². The van der Waals surface area contributed by atoms with E-state index < -0.39 is 12.1 Å². The molecule has 0 saturated heterocycles. The molecule has 4 heteroatoms. The molecule has 0 N–H and O–H groups in total. The second-order valence-electron chi connectivity index (χ2n) is 5.72. The summed E-state index contributed by atoms with van der Waals surface area (Å²) in [4.78, 5) is 12.5. The largest absolute Gasteiger partial charge is 0.472 e. The summed E-state index contributed by atoms with van der Waals surface area (Å²) >= 11 is 0. The number of carbonyl (C=O) groups excluding carboxylic acids is 1. The first-order valence-corrected chi connectivity index (χ1v) is 8.31. The summed E-state index contributed by atoms with van der Waals surface area (Å²) in [5, 5.41) is 0. The van der Waals surface area contributed by atoms with Gasteiger partial charge in [0.15, 0.2) is 0 Å². The van der Waals surface area contributed by atoms with Crippen LogP contribution in [0, 0.1) is 6.92 Å². The summed E-state index contributed by atoms with van der Waals surface area (Å²) in [6, 6.07) is 19.3. The van der Waals surface area contributed by atoms with Gasteiger partial charge in [-0.1, -0.05) is 42.0 Å². The third-order valence-corrected chi connectivity index (χ3v) is 3.84. The van der Waals surface area contributed by atoms with E-state index in [1.165, 1.54) is 0 Å². The van der Waals surface area contributed by atoms with Crippen molar-refractivity contribution in [1.29, 1.82) is 0 Å². The van der Waals surface area contributed by atoms with Gasteiger partial charge in [-0.05, 0) is 38.1 Å². The van der Waals surface area contributed by atoms with Gasteiger partial charge in [0.25, 0.3) is 0 Å². The highest BCUT2D eigenvalue weighted by Gasteiger charge is 2.25. The minimum atomic E-state index is -0.809. The molecular weight excluding hydrogens is 314 g/mol. The van der Waals surface area contributed by atoms with Crippen molar-refractivity contribution < 1.29 is 14.3 Å². The smallest absolute Gasteiger partial charge is 0.352 e. The van der Waals surface area contributed by atoms with E-state index in [-0.39, 0.29) is 0 Å². The number of benzene rings is 2. The second-order valence-corrected chi connectivity index (χ2v) is 5.72. The van der Waals surface area contributed by atoms with Crippen molar-refractivity contribution in [3.8, 4) is 11.4 Å². The van der Waals surface area contributed by atoms with Crippen LogP contribution in [0.2, 0.25) is 0 Å². The zero-order chi connectivity index (χ0) is 17.6. The molecule has 25 heavy (non-hydrogen) atoms. The number of para-hydroxylation sites is 2. The first-order valence-electron chi connectivity index (χ1n) is 8.31. The Balaban J connectivity index is 1.98. The summed E-state index contributed by atoms with van der Waals surface area (Å²) < 4.78 is 13.3. The van der Waals surface area contributed by atoms with Crippen molar-refractivity contribution in [1.82, 2.24) is 4.57 Å². The Kier molecular flexibility index (Phi) is 5.19. The number of hydrogen-bond donors (Lipinski definition) is 0. The molecule has 4 nitrogen and oxygen atoms in total. The molecule has 1 aromatic heterocycles. The highest BCUT2D eigenvalue weighted by Crippen LogP contribution is 2.29. The monoisotopic (exact) mass is 335 g/mol. The second kappa shape index (κ2) is 7.71. The fourth-order valence-corrected chi connectivity index (χ4v) is 2.70. The lowest BCUT2D eigenvalue weighted by atomic mass is 10.1. The zero-order valence-corrected chi connectivity index (χ0v) is 14.4. The quantitative estimate of drug-likeness (QED) is 0.624. The van der Waals surface area contributed by atoms with E-state index in [0.29, 0.717) is 12.4 Å². The van der Waals surface area contributed by atoms with Crippen molar-refractivity contribution in [2.45, 2.75) is 20.0 Å². The normalized spacial score (nSPS) is 11.8. The number of carbonyl (C=O) groups is 1. The maximum Gasteiger partial charge on any atom is 0.352 e. The van der Waals surface area contributed by atoms with E-state index in [9.17, 15) is 4.79 Å². The van der Waals surface area contributed by atoms with E-state index in [4.69, 9.17) is 9.47 Å². The Bertz CT molecular complexity index is 840. The molecule has 1 atom stereocenters. The number of esters is 1. The Labute approximate surface area is 147 Å². The third-order valence-electron chi connectivity index (χ3n) is 3.84. The van der Waals surface area contributed by atoms with Crippen LogP contribution in [-0.4, -0.2) is 17.1 Å². The topological polar surface area (TPSA) is 40.5 Å². The Hall–Kier alpha value is -3.01. The number of hydrogen-bond acceptors (Lipinski definition) is 3. The van der Waals surface area contributed by atoms with Crippen LogP contribution < -0.4 is 4.74 Å². The lowest BCUT2D eigenvalue weighted by Crippen LogP contribution is -2.22. The van der Waals surface area contributed by atoms with Gasteiger partial charge in [-0.2, -0.15) is 0 Å². The first-order chi connectivity index (χ1) is 12.2. The molecule has 0 radical (unpaired) electrons. The van der Waals surface area contributed by atoms with Crippen LogP contribution in [0.3, 0.4) is 0 Å². The molecule has 1 unspecified atom stereocenters.